The molecule has 1 aliphatic rings. The Morgan fingerprint density at radius 2 is 1.81 bits per heavy atom. The summed E-state index contributed by atoms with van der Waals surface area (Å²) in [5.74, 6) is -0.623. The van der Waals surface area contributed by atoms with Gasteiger partial charge in [0.05, 0.1) is 22.6 Å². The van der Waals surface area contributed by atoms with Gasteiger partial charge in [-0.15, -0.1) is 0 Å². The van der Waals surface area contributed by atoms with Gasteiger partial charge in [0.25, 0.3) is 6.02 Å². The molecule has 1 aliphatic heterocycles. The fraction of sp³-hybridized carbons (Fsp3) is 0.167. The predicted octanol–water partition coefficient (Wildman–Crippen LogP) is 3.85. The van der Waals surface area contributed by atoms with Crippen molar-refractivity contribution in [2.75, 3.05) is 24.1 Å². The summed E-state index contributed by atoms with van der Waals surface area (Å²) in [6.07, 6.45) is -5.23. The molecule has 1 aromatic heterocycles. The normalized spacial score (nSPS) is 15.7. The molecule has 0 saturated heterocycles. The summed E-state index contributed by atoms with van der Waals surface area (Å²) in [6.45, 7) is 0. The monoisotopic (exact) mass is 497 g/mol. The second-order valence-electron chi connectivity index (χ2n) is 7.93. The third-order valence-corrected chi connectivity index (χ3v) is 5.26. The lowest BCUT2D eigenvalue weighted by atomic mass is 9.99. The average molecular weight is 497 g/mol. The van der Waals surface area contributed by atoms with Gasteiger partial charge < -0.3 is 15.4 Å². The van der Waals surface area contributed by atoms with Crippen LogP contribution in [0.25, 0.3) is 0 Å². The number of hydrogen-bond acceptors (Lipinski definition) is 8. The van der Waals surface area contributed by atoms with E-state index in [2.05, 4.69) is 15.0 Å². The minimum absolute atomic E-state index is 0.00221. The molecular weight excluding hydrogens is 475 g/mol. The summed E-state index contributed by atoms with van der Waals surface area (Å²) in [6, 6.07) is 16.6. The topological polar surface area (TPSA) is 123 Å². The standard InChI is InChI=1S/C24H22F3N7O2/c1-33(2)18-12-15(24(25,26)27)13-30-20(18)21(28)36-22(29)32-23-31-19(14-8-4-3-5-9-14)16-10-6-7-11-17(16)34(23)35/h3-13,23,28,35H,1-2H3,(H2,29,32). The average Bonchev–Trinajstić information content (AvgIpc) is 2.85. The van der Waals surface area contributed by atoms with E-state index in [9.17, 15) is 18.4 Å². The highest BCUT2D eigenvalue weighted by Crippen LogP contribution is 2.32. The van der Waals surface area contributed by atoms with Crippen LogP contribution in [0, 0.1) is 5.41 Å². The summed E-state index contributed by atoms with van der Waals surface area (Å²) >= 11 is 0. The number of hydrogen-bond donors (Lipinski definition) is 3. The van der Waals surface area contributed by atoms with Crippen LogP contribution in [0.5, 0.6) is 0 Å². The summed E-state index contributed by atoms with van der Waals surface area (Å²) < 4.78 is 44.6. The maximum absolute atomic E-state index is 13.1. The van der Waals surface area contributed by atoms with Gasteiger partial charge in [0, 0.05) is 31.4 Å². The minimum Gasteiger partial charge on any atom is -0.405 e. The zero-order chi connectivity index (χ0) is 26.0. The Labute approximate surface area is 204 Å². The van der Waals surface area contributed by atoms with Crippen molar-refractivity contribution in [2.45, 2.75) is 12.5 Å². The van der Waals surface area contributed by atoms with Crippen molar-refractivity contribution >= 4 is 29.0 Å². The van der Waals surface area contributed by atoms with Crippen molar-refractivity contribution in [3.63, 3.8) is 0 Å². The molecule has 0 saturated carbocycles. The first-order valence-corrected chi connectivity index (χ1v) is 10.6. The molecule has 2 aromatic carbocycles. The largest absolute Gasteiger partial charge is 0.417 e. The number of benzene rings is 2. The molecule has 1 unspecified atom stereocenters. The Balaban J connectivity index is 1.64. The lowest BCUT2D eigenvalue weighted by Crippen LogP contribution is -2.37. The number of fused-ring (bicyclic) bond motifs is 1. The molecule has 0 fully saturated rings. The van der Waals surface area contributed by atoms with Crippen LogP contribution < -0.4 is 15.7 Å². The van der Waals surface area contributed by atoms with Gasteiger partial charge >= 0.3 is 6.18 Å². The predicted molar refractivity (Wildman–Crippen MR) is 130 cm³/mol. The van der Waals surface area contributed by atoms with Crippen molar-refractivity contribution in [1.29, 1.82) is 5.41 Å². The number of alkyl halides is 3. The van der Waals surface area contributed by atoms with Gasteiger partial charge in [-0.3, -0.25) is 10.6 Å². The molecule has 0 spiro atoms. The maximum Gasteiger partial charge on any atom is 0.417 e. The maximum atomic E-state index is 13.1. The number of halogens is 3. The summed E-state index contributed by atoms with van der Waals surface area (Å²) in [7, 11) is 3.02. The zero-order valence-electron chi connectivity index (χ0n) is 19.2. The van der Waals surface area contributed by atoms with Crippen LogP contribution in [0.3, 0.4) is 0 Å². The molecule has 12 heteroatoms. The van der Waals surface area contributed by atoms with E-state index in [4.69, 9.17) is 15.9 Å². The number of ether oxygens (including phenoxy) is 1. The third-order valence-electron chi connectivity index (χ3n) is 5.26. The van der Waals surface area contributed by atoms with E-state index >= 15 is 0 Å². The van der Waals surface area contributed by atoms with Crippen LogP contribution in [-0.2, 0) is 10.9 Å². The van der Waals surface area contributed by atoms with Crippen LogP contribution in [0.1, 0.15) is 22.4 Å². The molecule has 186 valence electrons. The molecule has 0 bridgehead atoms. The first kappa shape index (κ1) is 24.7. The number of aromatic nitrogens is 1. The van der Waals surface area contributed by atoms with Crippen molar-refractivity contribution in [3.05, 3.63) is 89.2 Å². The van der Waals surface area contributed by atoms with Gasteiger partial charge in [-0.05, 0) is 12.1 Å². The number of nitrogens with two attached hydrogens (primary N) is 1. The van der Waals surface area contributed by atoms with Crippen LogP contribution in [0.15, 0.2) is 76.8 Å². The summed E-state index contributed by atoms with van der Waals surface area (Å²) in [5.41, 5.74) is 7.21. The van der Waals surface area contributed by atoms with Crippen LogP contribution in [0.4, 0.5) is 24.5 Å². The SMILES string of the molecule is CN(C)c1cc(C(F)(F)F)cnc1C(=N)OC(N)=NC1N=C(c2ccccc2)c2ccccc2N1O. The van der Waals surface area contributed by atoms with E-state index in [0.29, 0.717) is 23.2 Å². The van der Waals surface area contributed by atoms with E-state index in [1.54, 1.807) is 18.2 Å². The van der Waals surface area contributed by atoms with Crippen LogP contribution in [-0.4, -0.2) is 48.2 Å². The number of hydroxylamine groups is 1. The highest BCUT2D eigenvalue weighted by Gasteiger charge is 2.33. The molecule has 9 nitrogen and oxygen atoms in total. The first-order chi connectivity index (χ1) is 17.1. The summed E-state index contributed by atoms with van der Waals surface area (Å²) in [4.78, 5) is 13.7. The molecule has 0 radical (unpaired) electrons. The van der Waals surface area contributed by atoms with Crippen molar-refractivity contribution in [3.8, 4) is 0 Å². The van der Waals surface area contributed by atoms with E-state index in [-0.39, 0.29) is 11.4 Å². The molecule has 4 rings (SSSR count). The van der Waals surface area contributed by atoms with Gasteiger partial charge in [0.1, 0.15) is 5.69 Å². The van der Waals surface area contributed by atoms with E-state index in [1.807, 2.05) is 36.4 Å². The summed E-state index contributed by atoms with van der Waals surface area (Å²) in [5, 5.41) is 19.8. The Morgan fingerprint density at radius 1 is 1.14 bits per heavy atom. The van der Waals surface area contributed by atoms with Crippen LogP contribution >= 0.6 is 0 Å². The minimum atomic E-state index is -4.60. The highest BCUT2D eigenvalue weighted by atomic mass is 19.4. The smallest absolute Gasteiger partial charge is 0.405 e. The van der Waals surface area contributed by atoms with Gasteiger partial charge in [0.2, 0.25) is 12.2 Å². The Kier molecular flexibility index (Phi) is 6.62. The first-order valence-electron chi connectivity index (χ1n) is 10.6. The fourth-order valence-corrected chi connectivity index (χ4v) is 3.56. The molecule has 1 atom stereocenters. The highest BCUT2D eigenvalue weighted by molar-refractivity contribution is 6.17. The molecule has 36 heavy (non-hydrogen) atoms. The van der Waals surface area contributed by atoms with Gasteiger partial charge in [-0.25, -0.2) is 15.0 Å². The Morgan fingerprint density at radius 3 is 2.47 bits per heavy atom. The number of amidine groups is 1. The van der Waals surface area contributed by atoms with Crippen molar-refractivity contribution < 1.29 is 23.1 Å². The number of para-hydroxylation sites is 1. The second-order valence-corrected chi connectivity index (χ2v) is 7.93. The van der Waals surface area contributed by atoms with E-state index in [0.717, 1.165) is 16.7 Å². The van der Waals surface area contributed by atoms with E-state index < -0.39 is 29.9 Å². The van der Waals surface area contributed by atoms with Crippen molar-refractivity contribution in [2.24, 2.45) is 15.7 Å². The Bertz CT molecular complexity index is 1340. The van der Waals surface area contributed by atoms with Crippen molar-refractivity contribution in [1.82, 2.24) is 4.98 Å². The molecule has 3 aromatic rings. The number of aliphatic imine (C=N–C) groups is 2. The molecular formula is C24H22F3N7O2. The Hall–Kier alpha value is -4.45. The third kappa shape index (κ3) is 4.98. The van der Waals surface area contributed by atoms with E-state index in [1.165, 1.54) is 19.0 Å². The second kappa shape index (κ2) is 9.66. The molecule has 0 aliphatic carbocycles. The number of nitrogens with one attached hydrogen (secondary N) is 1. The number of rotatable bonds is 4. The lowest BCUT2D eigenvalue weighted by Gasteiger charge is -2.29. The molecule has 4 N–H and O–H groups in total. The van der Waals surface area contributed by atoms with Gasteiger partial charge in [-0.1, -0.05) is 48.5 Å². The number of nitrogens with zero attached hydrogens (tertiary/aromatic N) is 5. The molecule has 2 heterocycles. The zero-order valence-corrected chi connectivity index (χ0v) is 19.2. The number of pyridine rings is 1. The van der Waals surface area contributed by atoms with Gasteiger partial charge in [0.15, 0.2) is 0 Å². The van der Waals surface area contributed by atoms with Crippen LogP contribution in [0.2, 0.25) is 0 Å². The molecule has 0 amide bonds. The quantitative estimate of drug-likeness (QED) is 0.372. The number of anilines is 2. The fourth-order valence-electron chi connectivity index (χ4n) is 3.56. The lowest BCUT2D eigenvalue weighted by molar-refractivity contribution is -0.137. The van der Waals surface area contributed by atoms with Gasteiger partial charge in [-0.2, -0.15) is 18.2 Å².